The fourth-order valence-corrected chi connectivity index (χ4v) is 4.22. The van der Waals surface area contributed by atoms with Crippen LogP contribution in [0.1, 0.15) is 21.5 Å². The molecule has 1 amide bonds. The standard InChI is InChI=1S/C25H24F3NO6S/c1-33-15-14-29(24(30)19-8-12-21(34-2)13-9-19)17-18-6-10-22(11-7-18)35-36(31,32)23-5-3-4-20(16-23)25(26,27)28/h3-13,16H,14-15,17H2,1-2H3. The van der Waals surface area contributed by atoms with Crippen LogP contribution in [0.4, 0.5) is 13.2 Å². The first-order valence-electron chi connectivity index (χ1n) is 10.7. The average Bonchev–Trinajstić information content (AvgIpc) is 2.86. The molecule has 0 unspecified atom stereocenters. The minimum Gasteiger partial charge on any atom is -0.497 e. The molecule has 0 N–H and O–H groups in total. The van der Waals surface area contributed by atoms with Gasteiger partial charge in [-0.05, 0) is 60.2 Å². The number of methoxy groups -OCH3 is 2. The molecule has 0 saturated heterocycles. The first-order chi connectivity index (χ1) is 17.0. The molecular formula is C25H24F3NO6S. The van der Waals surface area contributed by atoms with Gasteiger partial charge >= 0.3 is 16.3 Å². The molecule has 0 fully saturated rings. The number of benzene rings is 3. The highest BCUT2D eigenvalue weighted by atomic mass is 32.2. The van der Waals surface area contributed by atoms with E-state index < -0.39 is 26.8 Å². The van der Waals surface area contributed by atoms with Gasteiger partial charge < -0.3 is 18.6 Å². The van der Waals surface area contributed by atoms with Crippen LogP contribution in [-0.2, 0) is 27.6 Å². The molecular weight excluding hydrogens is 499 g/mol. The fourth-order valence-electron chi connectivity index (χ4n) is 3.24. The number of alkyl halides is 3. The van der Waals surface area contributed by atoms with Gasteiger partial charge in [0, 0.05) is 25.8 Å². The van der Waals surface area contributed by atoms with Gasteiger partial charge in [0.1, 0.15) is 16.4 Å². The molecule has 0 aliphatic carbocycles. The summed E-state index contributed by atoms with van der Waals surface area (Å²) in [6.07, 6.45) is -4.69. The number of nitrogens with zero attached hydrogens (tertiary/aromatic N) is 1. The van der Waals surface area contributed by atoms with Crippen LogP contribution >= 0.6 is 0 Å². The molecule has 7 nitrogen and oxygen atoms in total. The van der Waals surface area contributed by atoms with Crippen molar-refractivity contribution < 1.29 is 40.0 Å². The third-order valence-corrected chi connectivity index (χ3v) is 6.39. The Hall–Kier alpha value is -3.57. The Morgan fingerprint density at radius 1 is 0.917 bits per heavy atom. The van der Waals surface area contributed by atoms with Crippen LogP contribution in [0.2, 0.25) is 0 Å². The number of carbonyl (C=O) groups excluding carboxylic acids is 1. The van der Waals surface area contributed by atoms with E-state index in [1.165, 1.54) is 26.4 Å². The highest BCUT2D eigenvalue weighted by Gasteiger charge is 2.32. The Kier molecular flexibility index (Phi) is 8.59. The number of hydrogen-bond acceptors (Lipinski definition) is 6. The second kappa shape index (κ2) is 11.4. The van der Waals surface area contributed by atoms with Crippen LogP contribution in [0, 0.1) is 0 Å². The van der Waals surface area contributed by atoms with Gasteiger partial charge in [-0.15, -0.1) is 0 Å². The van der Waals surface area contributed by atoms with Crippen molar-refractivity contribution in [2.75, 3.05) is 27.4 Å². The first-order valence-corrected chi connectivity index (χ1v) is 12.1. The Balaban J connectivity index is 1.74. The summed E-state index contributed by atoms with van der Waals surface area (Å²) in [5.41, 5.74) is 0.0380. The molecule has 0 atom stereocenters. The molecule has 3 aromatic carbocycles. The molecule has 0 radical (unpaired) electrons. The summed E-state index contributed by atoms with van der Waals surface area (Å²) >= 11 is 0. The van der Waals surface area contributed by atoms with E-state index in [1.807, 2.05) is 0 Å². The van der Waals surface area contributed by atoms with Gasteiger partial charge in [0.25, 0.3) is 5.91 Å². The molecule has 0 aromatic heterocycles. The minimum absolute atomic E-state index is 0.0823. The van der Waals surface area contributed by atoms with E-state index in [1.54, 1.807) is 41.3 Å². The third kappa shape index (κ3) is 6.98. The minimum atomic E-state index is -4.69. The van der Waals surface area contributed by atoms with Crippen LogP contribution < -0.4 is 8.92 Å². The fraction of sp³-hybridized carbons (Fsp3) is 0.240. The highest BCUT2D eigenvalue weighted by Crippen LogP contribution is 2.31. The van der Waals surface area contributed by atoms with Crippen molar-refractivity contribution in [3.05, 3.63) is 89.5 Å². The number of carbonyl (C=O) groups is 1. The predicted octanol–water partition coefficient (Wildman–Crippen LogP) is 4.77. The van der Waals surface area contributed by atoms with Crippen LogP contribution in [0.25, 0.3) is 0 Å². The van der Waals surface area contributed by atoms with Crippen molar-refractivity contribution in [2.45, 2.75) is 17.6 Å². The third-order valence-electron chi connectivity index (χ3n) is 5.14. The van der Waals surface area contributed by atoms with Gasteiger partial charge in [0.15, 0.2) is 0 Å². The first kappa shape index (κ1) is 27.0. The second-order valence-corrected chi connectivity index (χ2v) is 9.20. The predicted molar refractivity (Wildman–Crippen MR) is 125 cm³/mol. The Labute approximate surface area is 207 Å². The largest absolute Gasteiger partial charge is 0.497 e. The lowest BCUT2D eigenvalue weighted by Gasteiger charge is -2.23. The van der Waals surface area contributed by atoms with Gasteiger partial charge in [0.05, 0.1) is 19.3 Å². The van der Waals surface area contributed by atoms with Crippen molar-refractivity contribution in [1.82, 2.24) is 4.90 Å². The SMILES string of the molecule is COCCN(Cc1ccc(OS(=O)(=O)c2cccc(C(F)(F)F)c2)cc1)C(=O)c1ccc(OC)cc1. The maximum absolute atomic E-state index is 13.0. The Morgan fingerprint density at radius 2 is 1.56 bits per heavy atom. The normalized spacial score (nSPS) is 11.7. The molecule has 0 bridgehead atoms. The van der Waals surface area contributed by atoms with E-state index in [0.29, 0.717) is 36.1 Å². The summed E-state index contributed by atoms with van der Waals surface area (Å²) in [6.45, 7) is 0.816. The maximum atomic E-state index is 13.0. The lowest BCUT2D eigenvalue weighted by molar-refractivity contribution is -0.137. The monoisotopic (exact) mass is 523 g/mol. The molecule has 11 heteroatoms. The van der Waals surface area contributed by atoms with Crippen LogP contribution in [0.3, 0.4) is 0 Å². The number of hydrogen-bond donors (Lipinski definition) is 0. The quantitative estimate of drug-likeness (QED) is 0.356. The van der Waals surface area contributed by atoms with Gasteiger partial charge in [0.2, 0.25) is 0 Å². The van der Waals surface area contributed by atoms with E-state index in [2.05, 4.69) is 0 Å². The van der Waals surface area contributed by atoms with Crippen molar-refractivity contribution in [3.8, 4) is 11.5 Å². The molecule has 0 spiro atoms. The zero-order chi connectivity index (χ0) is 26.3. The topological polar surface area (TPSA) is 82.1 Å². The van der Waals surface area contributed by atoms with Crippen molar-refractivity contribution in [3.63, 3.8) is 0 Å². The van der Waals surface area contributed by atoms with E-state index in [0.717, 1.165) is 18.2 Å². The molecule has 192 valence electrons. The van der Waals surface area contributed by atoms with Crippen molar-refractivity contribution >= 4 is 16.0 Å². The zero-order valence-electron chi connectivity index (χ0n) is 19.5. The molecule has 3 rings (SSSR count). The van der Waals surface area contributed by atoms with Gasteiger partial charge in [-0.25, -0.2) is 0 Å². The number of halogens is 3. The molecule has 3 aromatic rings. The Morgan fingerprint density at radius 3 is 2.14 bits per heavy atom. The lowest BCUT2D eigenvalue weighted by Crippen LogP contribution is -2.33. The number of rotatable bonds is 10. The smallest absolute Gasteiger partial charge is 0.416 e. The maximum Gasteiger partial charge on any atom is 0.416 e. The number of amides is 1. The van der Waals surface area contributed by atoms with Crippen LogP contribution in [0.5, 0.6) is 11.5 Å². The molecule has 0 aliphatic rings. The second-order valence-electron chi connectivity index (χ2n) is 7.66. The van der Waals surface area contributed by atoms with Gasteiger partial charge in [-0.3, -0.25) is 4.79 Å². The van der Waals surface area contributed by atoms with E-state index in [9.17, 15) is 26.4 Å². The summed E-state index contributed by atoms with van der Waals surface area (Å²) in [7, 11) is -1.44. The van der Waals surface area contributed by atoms with Crippen LogP contribution in [-0.4, -0.2) is 46.6 Å². The van der Waals surface area contributed by atoms with Gasteiger partial charge in [-0.1, -0.05) is 18.2 Å². The summed E-state index contributed by atoms with van der Waals surface area (Å²) in [5.74, 6) is 0.300. The number of ether oxygens (including phenoxy) is 2. The van der Waals surface area contributed by atoms with Crippen molar-refractivity contribution in [2.24, 2.45) is 0 Å². The summed E-state index contributed by atoms with van der Waals surface area (Å²) < 4.78 is 79.0. The summed E-state index contributed by atoms with van der Waals surface area (Å²) in [5, 5.41) is 0. The van der Waals surface area contributed by atoms with E-state index >= 15 is 0 Å². The zero-order valence-corrected chi connectivity index (χ0v) is 20.3. The molecule has 0 heterocycles. The van der Waals surface area contributed by atoms with E-state index in [-0.39, 0.29) is 18.2 Å². The van der Waals surface area contributed by atoms with Crippen LogP contribution in [0.15, 0.2) is 77.7 Å². The van der Waals surface area contributed by atoms with Crippen molar-refractivity contribution in [1.29, 1.82) is 0 Å². The lowest BCUT2D eigenvalue weighted by atomic mass is 10.1. The highest BCUT2D eigenvalue weighted by molar-refractivity contribution is 7.87. The summed E-state index contributed by atoms with van der Waals surface area (Å²) in [6, 6.07) is 15.8. The molecule has 0 saturated carbocycles. The molecule has 36 heavy (non-hydrogen) atoms. The Bertz CT molecular complexity index is 1280. The summed E-state index contributed by atoms with van der Waals surface area (Å²) in [4.78, 5) is 14.0. The van der Waals surface area contributed by atoms with Gasteiger partial charge in [-0.2, -0.15) is 21.6 Å². The molecule has 0 aliphatic heterocycles. The average molecular weight is 524 g/mol. The van der Waals surface area contributed by atoms with E-state index in [4.69, 9.17) is 13.7 Å².